The highest BCUT2D eigenvalue weighted by atomic mass is 16.2. The van der Waals surface area contributed by atoms with E-state index < -0.39 is 0 Å². The third-order valence-electron chi connectivity index (χ3n) is 4.85. The Labute approximate surface area is 146 Å². The zero-order chi connectivity index (χ0) is 18.0. The molecule has 2 amide bonds. The highest BCUT2D eigenvalue weighted by Gasteiger charge is 2.26. The Morgan fingerprint density at radius 2 is 2.04 bits per heavy atom. The SMILES string of the molecule is C[C@H]1CC(=O)c2cnc(NC(=O)CN3CCC(C(N)=O)CC3)nc2C1. The fourth-order valence-electron chi connectivity index (χ4n) is 3.44. The molecule has 1 aliphatic carbocycles. The van der Waals surface area contributed by atoms with Gasteiger partial charge in [0.2, 0.25) is 17.8 Å². The number of Topliss-reactive ketones (excluding diaryl/α,β-unsaturated/α-hetero) is 1. The van der Waals surface area contributed by atoms with Crippen molar-refractivity contribution < 1.29 is 14.4 Å². The number of amides is 2. The van der Waals surface area contributed by atoms with Gasteiger partial charge in [-0.2, -0.15) is 0 Å². The van der Waals surface area contributed by atoms with Crippen molar-refractivity contribution in [2.45, 2.75) is 32.6 Å². The number of ketones is 1. The number of nitrogens with one attached hydrogen (secondary N) is 1. The average Bonchev–Trinajstić information content (AvgIpc) is 2.54. The minimum atomic E-state index is -0.268. The fourth-order valence-corrected chi connectivity index (χ4v) is 3.44. The monoisotopic (exact) mass is 345 g/mol. The Hall–Kier alpha value is -2.35. The molecule has 3 N–H and O–H groups in total. The summed E-state index contributed by atoms with van der Waals surface area (Å²) in [6, 6.07) is 0. The molecule has 1 saturated heterocycles. The summed E-state index contributed by atoms with van der Waals surface area (Å²) in [4.78, 5) is 45.7. The van der Waals surface area contributed by atoms with Crippen LogP contribution in [-0.2, 0) is 16.0 Å². The van der Waals surface area contributed by atoms with E-state index in [2.05, 4.69) is 15.3 Å². The molecule has 1 aliphatic heterocycles. The van der Waals surface area contributed by atoms with Crippen LogP contribution in [0.25, 0.3) is 0 Å². The van der Waals surface area contributed by atoms with Gasteiger partial charge in [-0.1, -0.05) is 6.92 Å². The van der Waals surface area contributed by atoms with Crippen molar-refractivity contribution in [1.82, 2.24) is 14.9 Å². The average molecular weight is 345 g/mol. The van der Waals surface area contributed by atoms with Gasteiger partial charge in [-0.25, -0.2) is 9.97 Å². The number of rotatable bonds is 4. The number of fused-ring (bicyclic) bond motifs is 1. The third kappa shape index (κ3) is 4.19. The van der Waals surface area contributed by atoms with Crippen molar-refractivity contribution in [3.63, 3.8) is 0 Å². The molecule has 0 unspecified atom stereocenters. The highest BCUT2D eigenvalue weighted by Crippen LogP contribution is 2.24. The smallest absolute Gasteiger partial charge is 0.240 e. The summed E-state index contributed by atoms with van der Waals surface area (Å²) in [5.41, 5.74) is 6.58. The Morgan fingerprint density at radius 3 is 2.72 bits per heavy atom. The molecule has 2 heterocycles. The maximum absolute atomic E-state index is 12.2. The summed E-state index contributed by atoms with van der Waals surface area (Å²) < 4.78 is 0. The van der Waals surface area contributed by atoms with Gasteiger partial charge < -0.3 is 5.73 Å². The minimum absolute atomic E-state index is 0.0592. The lowest BCUT2D eigenvalue weighted by molar-refractivity contribution is -0.123. The summed E-state index contributed by atoms with van der Waals surface area (Å²) >= 11 is 0. The second kappa shape index (κ2) is 7.26. The first kappa shape index (κ1) is 17.5. The standard InChI is InChI=1S/C17H23N5O3/c1-10-6-13-12(14(23)7-10)8-19-17(20-13)21-15(24)9-22-4-2-11(3-5-22)16(18)25/h8,10-11H,2-7,9H2,1H3,(H2,18,25)(H,19,20,21,24)/t10-/m1/s1. The molecule has 25 heavy (non-hydrogen) atoms. The molecule has 0 radical (unpaired) electrons. The van der Waals surface area contributed by atoms with Crippen molar-refractivity contribution in [3.05, 3.63) is 17.5 Å². The van der Waals surface area contributed by atoms with E-state index in [0.717, 1.165) is 0 Å². The number of nitrogens with two attached hydrogens (primary N) is 1. The maximum Gasteiger partial charge on any atom is 0.240 e. The van der Waals surface area contributed by atoms with E-state index in [1.165, 1.54) is 6.20 Å². The molecular weight excluding hydrogens is 322 g/mol. The number of aromatic nitrogens is 2. The summed E-state index contributed by atoms with van der Waals surface area (Å²) in [7, 11) is 0. The van der Waals surface area contributed by atoms with Gasteiger partial charge in [-0.05, 0) is 38.3 Å². The Morgan fingerprint density at radius 1 is 1.32 bits per heavy atom. The van der Waals surface area contributed by atoms with Crippen molar-refractivity contribution in [2.24, 2.45) is 17.6 Å². The Bertz CT molecular complexity index is 698. The number of likely N-dealkylation sites (tertiary alicyclic amines) is 1. The number of hydrogen-bond donors (Lipinski definition) is 2. The predicted molar refractivity (Wildman–Crippen MR) is 90.8 cm³/mol. The molecular formula is C17H23N5O3. The van der Waals surface area contributed by atoms with Gasteiger partial charge in [0.1, 0.15) is 0 Å². The number of hydrogen-bond acceptors (Lipinski definition) is 6. The van der Waals surface area contributed by atoms with Crippen LogP contribution in [0.1, 0.15) is 42.2 Å². The van der Waals surface area contributed by atoms with Gasteiger partial charge in [0, 0.05) is 18.5 Å². The second-order valence-corrected chi connectivity index (χ2v) is 6.99. The lowest BCUT2D eigenvalue weighted by atomic mass is 9.88. The molecule has 1 atom stereocenters. The van der Waals surface area contributed by atoms with E-state index in [4.69, 9.17) is 5.73 Å². The number of nitrogens with zero attached hydrogens (tertiary/aromatic N) is 3. The van der Waals surface area contributed by atoms with E-state index in [0.29, 0.717) is 50.0 Å². The van der Waals surface area contributed by atoms with E-state index in [9.17, 15) is 14.4 Å². The van der Waals surface area contributed by atoms with Crippen LogP contribution in [0.15, 0.2) is 6.20 Å². The highest BCUT2D eigenvalue weighted by molar-refractivity contribution is 5.98. The van der Waals surface area contributed by atoms with Crippen LogP contribution in [0, 0.1) is 11.8 Å². The van der Waals surface area contributed by atoms with Crippen LogP contribution in [-0.4, -0.2) is 52.1 Å². The lowest BCUT2D eigenvalue weighted by Crippen LogP contribution is -2.42. The second-order valence-electron chi connectivity index (χ2n) is 6.99. The van der Waals surface area contributed by atoms with E-state index in [1.54, 1.807) is 0 Å². The summed E-state index contributed by atoms with van der Waals surface area (Å²) in [5.74, 6) is -0.0163. The van der Waals surface area contributed by atoms with Crippen LogP contribution in [0.4, 0.5) is 5.95 Å². The zero-order valence-corrected chi connectivity index (χ0v) is 14.3. The Balaban J connectivity index is 1.56. The minimum Gasteiger partial charge on any atom is -0.369 e. The molecule has 8 nitrogen and oxygen atoms in total. The number of piperidine rings is 1. The molecule has 1 fully saturated rings. The molecule has 8 heteroatoms. The molecule has 134 valence electrons. The van der Waals surface area contributed by atoms with Crippen LogP contribution in [0.5, 0.6) is 0 Å². The fraction of sp³-hybridized carbons (Fsp3) is 0.588. The molecule has 0 aromatic carbocycles. The molecule has 0 saturated carbocycles. The van der Waals surface area contributed by atoms with E-state index in [1.807, 2.05) is 11.8 Å². The third-order valence-corrected chi connectivity index (χ3v) is 4.85. The van der Waals surface area contributed by atoms with E-state index >= 15 is 0 Å². The normalized spacial score (nSPS) is 21.6. The van der Waals surface area contributed by atoms with Crippen LogP contribution in [0.3, 0.4) is 0 Å². The molecule has 0 spiro atoms. The molecule has 0 bridgehead atoms. The number of carbonyl (C=O) groups excluding carboxylic acids is 3. The quantitative estimate of drug-likeness (QED) is 0.814. The molecule has 2 aliphatic rings. The van der Waals surface area contributed by atoms with Gasteiger partial charge in [0.25, 0.3) is 0 Å². The summed E-state index contributed by atoms with van der Waals surface area (Å²) in [5, 5.41) is 2.70. The van der Waals surface area contributed by atoms with Gasteiger partial charge >= 0.3 is 0 Å². The van der Waals surface area contributed by atoms with Crippen LogP contribution in [0.2, 0.25) is 0 Å². The first-order chi connectivity index (χ1) is 11.9. The van der Waals surface area contributed by atoms with Crippen LogP contribution >= 0.6 is 0 Å². The first-order valence-electron chi connectivity index (χ1n) is 8.63. The summed E-state index contributed by atoms with van der Waals surface area (Å²) in [6.07, 6.45) is 4.09. The lowest BCUT2D eigenvalue weighted by Gasteiger charge is -2.29. The molecule has 1 aromatic heterocycles. The summed E-state index contributed by atoms with van der Waals surface area (Å²) in [6.45, 7) is 3.56. The predicted octanol–water partition coefficient (Wildman–Crippen LogP) is 0.377. The number of carbonyl (C=O) groups is 3. The van der Waals surface area contributed by atoms with Gasteiger partial charge in [0.05, 0.1) is 17.8 Å². The van der Waals surface area contributed by atoms with Crippen LogP contribution < -0.4 is 11.1 Å². The van der Waals surface area contributed by atoms with Gasteiger partial charge in [-0.3, -0.25) is 24.6 Å². The van der Waals surface area contributed by atoms with Crippen molar-refractivity contribution in [3.8, 4) is 0 Å². The number of primary amides is 1. The largest absolute Gasteiger partial charge is 0.369 e. The topological polar surface area (TPSA) is 118 Å². The van der Waals surface area contributed by atoms with Crippen molar-refractivity contribution in [1.29, 1.82) is 0 Å². The first-order valence-corrected chi connectivity index (χ1v) is 8.63. The Kier molecular flexibility index (Phi) is 5.08. The maximum atomic E-state index is 12.2. The number of anilines is 1. The van der Waals surface area contributed by atoms with Crippen molar-refractivity contribution in [2.75, 3.05) is 25.0 Å². The zero-order valence-electron chi connectivity index (χ0n) is 14.3. The molecule has 1 aromatic rings. The van der Waals surface area contributed by atoms with Crippen molar-refractivity contribution >= 4 is 23.5 Å². The van der Waals surface area contributed by atoms with Gasteiger partial charge in [0.15, 0.2) is 5.78 Å². The van der Waals surface area contributed by atoms with E-state index in [-0.39, 0.29) is 41.9 Å². The molecule has 3 rings (SSSR count). The van der Waals surface area contributed by atoms with Gasteiger partial charge in [-0.15, -0.1) is 0 Å².